The molecule has 1 spiro atoms. The molecule has 1 aromatic heterocycles. The van der Waals surface area contributed by atoms with Crippen molar-refractivity contribution in [2.75, 3.05) is 19.6 Å². The highest BCUT2D eigenvalue weighted by Gasteiger charge is 2.49. The van der Waals surface area contributed by atoms with Crippen molar-refractivity contribution in [2.45, 2.75) is 29.7 Å². The van der Waals surface area contributed by atoms with Crippen LogP contribution in [0.5, 0.6) is 0 Å². The van der Waals surface area contributed by atoms with E-state index in [-0.39, 0.29) is 5.54 Å². The lowest BCUT2D eigenvalue weighted by atomic mass is 9.97. The predicted octanol–water partition coefficient (Wildman–Crippen LogP) is 0.485. The fourth-order valence-corrected chi connectivity index (χ4v) is 5.64. The number of nitrogens with zero attached hydrogens (tertiary/aromatic N) is 4. The number of aryl methyl sites for hydroxylation is 1. The third kappa shape index (κ3) is 1.90. The number of sulfonamides is 1. The van der Waals surface area contributed by atoms with Crippen molar-refractivity contribution in [3.05, 3.63) is 18.2 Å². The van der Waals surface area contributed by atoms with Gasteiger partial charge in [0.25, 0.3) is 0 Å². The molecule has 0 amide bonds. The van der Waals surface area contributed by atoms with Gasteiger partial charge in [0.15, 0.2) is 0 Å². The Labute approximate surface area is 129 Å². The van der Waals surface area contributed by atoms with E-state index >= 15 is 0 Å². The summed E-state index contributed by atoms with van der Waals surface area (Å²) in [5, 5.41) is 11.3. The molecule has 4 rings (SSSR count). The van der Waals surface area contributed by atoms with Gasteiger partial charge in [-0.25, -0.2) is 13.1 Å². The highest BCUT2D eigenvalue weighted by atomic mass is 32.2. The van der Waals surface area contributed by atoms with Crippen LogP contribution in [0.3, 0.4) is 0 Å². The van der Waals surface area contributed by atoms with E-state index in [1.54, 1.807) is 34.2 Å². The van der Waals surface area contributed by atoms with Crippen molar-refractivity contribution < 1.29 is 8.42 Å². The first-order valence-corrected chi connectivity index (χ1v) is 9.00. The van der Waals surface area contributed by atoms with Crippen LogP contribution in [0.25, 0.3) is 11.0 Å². The highest BCUT2D eigenvalue weighted by molar-refractivity contribution is 7.89. The van der Waals surface area contributed by atoms with E-state index in [1.807, 2.05) is 0 Å². The average Bonchev–Trinajstić information content (AvgIpc) is 3.22. The van der Waals surface area contributed by atoms with E-state index < -0.39 is 10.0 Å². The van der Waals surface area contributed by atoms with Crippen molar-refractivity contribution in [1.82, 2.24) is 24.6 Å². The summed E-state index contributed by atoms with van der Waals surface area (Å²) in [4.78, 5) is 0.314. The third-order valence-electron chi connectivity index (χ3n) is 4.92. The molecule has 0 aliphatic carbocycles. The van der Waals surface area contributed by atoms with Gasteiger partial charge >= 0.3 is 0 Å². The van der Waals surface area contributed by atoms with Crippen molar-refractivity contribution in [3.63, 3.8) is 0 Å². The lowest BCUT2D eigenvalue weighted by Crippen LogP contribution is -2.48. The van der Waals surface area contributed by atoms with Crippen LogP contribution in [-0.2, 0) is 17.1 Å². The molecule has 1 atom stereocenters. The number of benzene rings is 1. The molecule has 2 fully saturated rings. The summed E-state index contributed by atoms with van der Waals surface area (Å²) in [6, 6.07) is 5.07. The Morgan fingerprint density at radius 1 is 1.32 bits per heavy atom. The predicted molar refractivity (Wildman–Crippen MR) is 81.9 cm³/mol. The Hall–Kier alpha value is -1.51. The van der Waals surface area contributed by atoms with Gasteiger partial charge in [0.05, 0.1) is 10.4 Å². The third-order valence-corrected chi connectivity index (χ3v) is 6.92. The molecule has 2 saturated heterocycles. The molecular formula is C14H19N5O2S. The summed E-state index contributed by atoms with van der Waals surface area (Å²) in [7, 11) is -1.70. The zero-order valence-corrected chi connectivity index (χ0v) is 13.3. The molecule has 118 valence electrons. The molecule has 0 bridgehead atoms. The van der Waals surface area contributed by atoms with Crippen LogP contribution in [0.15, 0.2) is 23.1 Å². The second kappa shape index (κ2) is 4.74. The van der Waals surface area contributed by atoms with E-state index in [1.165, 1.54) is 0 Å². The second-order valence-corrected chi connectivity index (χ2v) is 8.06. The molecule has 2 aromatic rings. The Bertz CT molecular complexity index is 817. The Morgan fingerprint density at radius 2 is 2.18 bits per heavy atom. The Morgan fingerprint density at radius 3 is 2.95 bits per heavy atom. The molecule has 1 unspecified atom stereocenters. The first-order valence-electron chi connectivity index (χ1n) is 7.56. The maximum Gasteiger partial charge on any atom is 0.243 e. The number of aromatic nitrogens is 3. The summed E-state index contributed by atoms with van der Waals surface area (Å²) >= 11 is 0. The van der Waals surface area contributed by atoms with E-state index in [0.717, 1.165) is 37.9 Å². The summed E-state index contributed by atoms with van der Waals surface area (Å²) in [5.41, 5.74) is 1.20. The summed E-state index contributed by atoms with van der Waals surface area (Å²) in [6.07, 6.45) is 2.75. The minimum atomic E-state index is -3.50. The van der Waals surface area contributed by atoms with Crippen LogP contribution in [-0.4, -0.2) is 52.9 Å². The lowest BCUT2D eigenvalue weighted by Gasteiger charge is -2.33. The fourth-order valence-electron chi connectivity index (χ4n) is 3.75. The van der Waals surface area contributed by atoms with Gasteiger partial charge in [0.2, 0.25) is 10.0 Å². The first kappa shape index (κ1) is 14.1. The number of rotatable bonds is 2. The molecule has 0 saturated carbocycles. The minimum absolute atomic E-state index is 0.240. The van der Waals surface area contributed by atoms with Gasteiger partial charge in [-0.1, -0.05) is 5.21 Å². The average molecular weight is 321 g/mol. The summed E-state index contributed by atoms with van der Waals surface area (Å²) in [6.45, 7) is 2.23. The molecule has 3 heterocycles. The Balaban J connectivity index is 1.78. The van der Waals surface area contributed by atoms with Gasteiger partial charge in [-0.15, -0.1) is 5.10 Å². The topological polar surface area (TPSA) is 80.1 Å². The second-order valence-electron chi connectivity index (χ2n) is 6.20. The number of hydrogen-bond acceptors (Lipinski definition) is 5. The van der Waals surface area contributed by atoms with Crippen LogP contribution in [0.1, 0.15) is 19.3 Å². The Kier molecular flexibility index (Phi) is 3.04. The minimum Gasteiger partial charge on any atom is -0.315 e. The summed E-state index contributed by atoms with van der Waals surface area (Å²) in [5.74, 6) is 0. The smallest absolute Gasteiger partial charge is 0.243 e. The molecule has 8 heteroatoms. The molecular weight excluding hydrogens is 302 g/mol. The fraction of sp³-hybridized carbons (Fsp3) is 0.571. The van der Waals surface area contributed by atoms with Gasteiger partial charge in [-0.2, -0.15) is 4.31 Å². The summed E-state index contributed by atoms with van der Waals surface area (Å²) < 4.78 is 29.5. The normalized spacial score (nSPS) is 26.4. The maximum absolute atomic E-state index is 13.1. The molecule has 0 radical (unpaired) electrons. The van der Waals surface area contributed by atoms with Crippen molar-refractivity contribution in [2.24, 2.45) is 7.05 Å². The maximum atomic E-state index is 13.1. The van der Waals surface area contributed by atoms with Gasteiger partial charge in [-0.3, -0.25) is 0 Å². The van der Waals surface area contributed by atoms with Crippen molar-refractivity contribution in [1.29, 1.82) is 0 Å². The van der Waals surface area contributed by atoms with E-state index in [4.69, 9.17) is 0 Å². The van der Waals surface area contributed by atoms with Crippen LogP contribution in [0, 0.1) is 0 Å². The highest BCUT2D eigenvalue weighted by Crippen LogP contribution is 2.38. The quantitative estimate of drug-likeness (QED) is 0.870. The first-order chi connectivity index (χ1) is 10.5. The lowest BCUT2D eigenvalue weighted by molar-refractivity contribution is 0.264. The van der Waals surface area contributed by atoms with Crippen LogP contribution in [0.4, 0.5) is 0 Å². The van der Waals surface area contributed by atoms with Gasteiger partial charge < -0.3 is 5.32 Å². The number of fused-ring (bicyclic) bond motifs is 1. The largest absolute Gasteiger partial charge is 0.315 e. The molecule has 7 nitrogen and oxygen atoms in total. The zero-order valence-electron chi connectivity index (χ0n) is 12.5. The SMILES string of the molecule is Cn1nnc2cc(S(=O)(=O)N3CCCC34CCNC4)ccc21. The van der Waals surface area contributed by atoms with Crippen LogP contribution in [0.2, 0.25) is 0 Å². The number of nitrogens with one attached hydrogen (secondary N) is 1. The van der Waals surface area contributed by atoms with E-state index in [2.05, 4.69) is 15.6 Å². The van der Waals surface area contributed by atoms with Crippen LogP contribution < -0.4 is 5.32 Å². The van der Waals surface area contributed by atoms with Gasteiger partial charge in [0.1, 0.15) is 5.52 Å². The molecule has 1 aromatic carbocycles. The standard InChI is InChI=1S/C14H19N5O2S/c1-18-13-4-3-11(9-12(13)16-17-18)22(20,21)19-8-2-5-14(19)6-7-15-10-14/h3-4,9,15H,2,5-8,10H2,1H3. The van der Waals surface area contributed by atoms with Crippen molar-refractivity contribution in [3.8, 4) is 0 Å². The van der Waals surface area contributed by atoms with Crippen LogP contribution >= 0.6 is 0 Å². The van der Waals surface area contributed by atoms with E-state index in [0.29, 0.717) is 17.0 Å². The number of hydrogen-bond donors (Lipinski definition) is 1. The molecule has 2 aliphatic heterocycles. The van der Waals surface area contributed by atoms with Gasteiger partial charge in [0, 0.05) is 25.7 Å². The van der Waals surface area contributed by atoms with Gasteiger partial charge in [-0.05, 0) is 44.0 Å². The monoisotopic (exact) mass is 321 g/mol. The molecule has 2 aliphatic rings. The molecule has 1 N–H and O–H groups in total. The van der Waals surface area contributed by atoms with Crippen molar-refractivity contribution >= 4 is 21.1 Å². The zero-order chi connectivity index (χ0) is 15.4. The molecule has 22 heavy (non-hydrogen) atoms. The van der Waals surface area contributed by atoms with E-state index in [9.17, 15) is 8.42 Å².